The lowest BCUT2D eigenvalue weighted by molar-refractivity contribution is 0.102. The summed E-state index contributed by atoms with van der Waals surface area (Å²) in [7, 11) is -2.15. The molecule has 162 valence electrons. The molecule has 0 radical (unpaired) electrons. The second-order valence-electron chi connectivity index (χ2n) is 7.34. The number of nitrogens with zero attached hydrogens (tertiary/aromatic N) is 1. The molecule has 3 aromatic rings. The predicted molar refractivity (Wildman–Crippen MR) is 122 cm³/mol. The van der Waals surface area contributed by atoms with Crippen LogP contribution in [0.3, 0.4) is 0 Å². The van der Waals surface area contributed by atoms with Crippen LogP contribution in [0.5, 0.6) is 5.75 Å². The Kier molecular flexibility index (Phi) is 7.09. The zero-order valence-electron chi connectivity index (χ0n) is 17.8. The number of sulfonamides is 1. The third-order valence-electron chi connectivity index (χ3n) is 4.83. The maximum Gasteiger partial charge on any atom is 0.255 e. The van der Waals surface area contributed by atoms with Crippen LogP contribution in [0.25, 0.3) is 0 Å². The zero-order chi connectivity index (χ0) is 22.4. The van der Waals surface area contributed by atoms with Gasteiger partial charge in [-0.05, 0) is 67.9 Å². The minimum absolute atomic E-state index is 0.151. The molecule has 3 rings (SSSR count). The molecule has 0 bridgehead atoms. The molecule has 1 amide bonds. The van der Waals surface area contributed by atoms with Gasteiger partial charge in [0.25, 0.3) is 5.91 Å². The summed E-state index contributed by atoms with van der Waals surface area (Å²) in [5, 5.41) is 2.79. The second kappa shape index (κ2) is 9.76. The highest BCUT2D eigenvalue weighted by atomic mass is 32.2. The number of nitrogens with one attached hydrogen (secondary N) is 1. The van der Waals surface area contributed by atoms with E-state index in [1.54, 1.807) is 31.4 Å². The fraction of sp³-hybridized carbons (Fsp3) is 0.208. The predicted octanol–water partition coefficient (Wildman–Crippen LogP) is 4.55. The summed E-state index contributed by atoms with van der Waals surface area (Å²) in [6.07, 6.45) is 0. The Labute approximate surface area is 183 Å². The third-order valence-corrected chi connectivity index (χ3v) is 6.86. The Hall–Kier alpha value is -3.16. The van der Waals surface area contributed by atoms with Crippen molar-refractivity contribution in [2.24, 2.45) is 0 Å². The number of anilines is 1. The molecular weight excluding hydrogens is 412 g/mol. The molecule has 0 unspecified atom stereocenters. The highest BCUT2D eigenvalue weighted by Gasteiger charge is 2.27. The molecule has 0 fully saturated rings. The van der Waals surface area contributed by atoms with Crippen molar-refractivity contribution < 1.29 is 17.9 Å². The van der Waals surface area contributed by atoms with Gasteiger partial charge < -0.3 is 10.1 Å². The van der Waals surface area contributed by atoms with E-state index < -0.39 is 10.0 Å². The van der Waals surface area contributed by atoms with Crippen LogP contribution >= 0.6 is 0 Å². The number of methoxy groups -OCH3 is 1. The van der Waals surface area contributed by atoms with E-state index in [0.717, 1.165) is 5.56 Å². The fourth-order valence-electron chi connectivity index (χ4n) is 3.10. The number of carbonyl (C=O) groups is 1. The Balaban J connectivity index is 1.77. The number of amides is 1. The quantitative estimate of drug-likeness (QED) is 0.560. The smallest absolute Gasteiger partial charge is 0.255 e. The van der Waals surface area contributed by atoms with Crippen LogP contribution in [0.4, 0.5) is 5.69 Å². The van der Waals surface area contributed by atoms with Crippen molar-refractivity contribution in [2.45, 2.75) is 31.3 Å². The molecule has 0 aliphatic heterocycles. The molecule has 0 aliphatic carbocycles. The summed E-state index contributed by atoms with van der Waals surface area (Å²) < 4.78 is 33.0. The van der Waals surface area contributed by atoms with Crippen molar-refractivity contribution in [1.82, 2.24) is 4.31 Å². The van der Waals surface area contributed by atoms with Crippen LogP contribution in [-0.4, -0.2) is 31.8 Å². The Morgan fingerprint density at radius 1 is 0.935 bits per heavy atom. The summed E-state index contributed by atoms with van der Waals surface area (Å²) in [5.74, 6) is 0.372. The molecule has 31 heavy (non-hydrogen) atoms. The van der Waals surface area contributed by atoms with Gasteiger partial charge in [0.05, 0.1) is 12.0 Å². The maximum absolute atomic E-state index is 13.2. The summed E-state index contributed by atoms with van der Waals surface area (Å²) in [6, 6.07) is 22.2. The van der Waals surface area contributed by atoms with E-state index in [9.17, 15) is 13.2 Å². The fourth-order valence-corrected chi connectivity index (χ4v) is 4.72. The van der Waals surface area contributed by atoms with Gasteiger partial charge in [0.1, 0.15) is 5.75 Å². The van der Waals surface area contributed by atoms with Crippen molar-refractivity contribution >= 4 is 21.6 Å². The number of benzene rings is 3. The van der Waals surface area contributed by atoms with Gasteiger partial charge in [-0.1, -0.05) is 30.3 Å². The van der Waals surface area contributed by atoms with E-state index in [1.807, 2.05) is 44.2 Å². The first kappa shape index (κ1) is 22.5. The highest BCUT2D eigenvalue weighted by Crippen LogP contribution is 2.22. The first-order valence-corrected chi connectivity index (χ1v) is 11.4. The number of hydrogen-bond acceptors (Lipinski definition) is 4. The summed E-state index contributed by atoms with van der Waals surface area (Å²) in [5.41, 5.74) is 1.90. The van der Waals surface area contributed by atoms with E-state index in [-0.39, 0.29) is 23.4 Å². The normalized spacial score (nSPS) is 11.5. The number of rotatable bonds is 8. The van der Waals surface area contributed by atoms with Crippen LogP contribution < -0.4 is 10.1 Å². The van der Waals surface area contributed by atoms with E-state index in [2.05, 4.69) is 5.32 Å². The summed E-state index contributed by atoms with van der Waals surface area (Å²) in [6.45, 7) is 3.97. The van der Waals surface area contributed by atoms with Crippen LogP contribution in [-0.2, 0) is 16.6 Å². The summed E-state index contributed by atoms with van der Waals surface area (Å²) in [4.78, 5) is 12.7. The summed E-state index contributed by atoms with van der Waals surface area (Å²) >= 11 is 0. The van der Waals surface area contributed by atoms with Crippen molar-refractivity contribution in [1.29, 1.82) is 0 Å². The molecule has 0 aromatic heterocycles. The Morgan fingerprint density at radius 3 is 2.10 bits per heavy atom. The monoisotopic (exact) mass is 438 g/mol. The number of carbonyl (C=O) groups excluding carboxylic acids is 1. The lowest BCUT2D eigenvalue weighted by atomic mass is 10.2. The van der Waals surface area contributed by atoms with Crippen molar-refractivity contribution in [2.75, 3.05) is 12.4 Å². The molecule has 0 saturated heterocycles. The maximum atomic E-state index is 13.2. The standard InChI is InChI=1S/C24H26N2O4S/c1-18(2)26(17-19-7-5-4-6-8-19)31(28,29)23-15-9-20(10-16-23)24(27)25-21-11-13-22(30-3)14-12-21/h4-16,18H,17H2,1-3H3,(H,25,27). The molecule has 0 spiro atoms. The van der Waals surface area contributed by atoms with Gasteiger partial charge in [-0.15, -0.1) is 0 Å². The largest absolute Gasteiger partial charge is 0.497 e. The van der Waals surface area contributed by atoms with Gasteiger partial charge in [0, 0.05) is 23.8 Å². The Morgan fingerprint density at radius 2 is 1.55 bits per heavy atom. The molecule has 1 N–H and O–H groups in total. The van der Waals surface area contributed by atoms with E-state index in [4.69, 9.17) is 4.74 Å². The molecule has 0 saturated carbocycles. The highest BCUT2D eigenvalue weighted by molar-refractivity contribution is 7.89. The van der Waals surface area contributed by atoms with Gasteiger partial charge in [-0.3, -0.25) is 4.79 Å². The first-order chi connectivity index (χ1) is 14.8. The van der Waals surface area contributed by atoms with Crippen LogP contribution in [0.2, 0.25) is 0 Å². The first-order valence-electron chi connectivity index (χ1n) is 9.92. The minimum Gasteiger partial charge on any atom is -0.497 e. The molecule has 0 atom stereocenters. The second-order valence-corrected chi connectivity index (χ2v) is 9.23. The zero-order valence-corrected chi connectivity index (χ0v) is 18.6. The molecule has 6 nitrogen and oxygen atoms in total. The van der Waals surface area contributed by atoms with Gasteiger partial charge in [-0.25, -0.2) is 8.42 Å². The number of ether oxygens (including phenoxy) is 1. The van der Waals surface area contributed by atoms with Gasteiger partial charge >= 0.3 is 0 Å². The minimum atomic E-state index is -3.72. The van der Waals surface area contributed by atoms with Crippen molar-refractivity contribution in [3.63, 3.8) is 0 Å². The number of hydrogen-bond donors (Lipinski definition) is 1. The average Bonchev–Trinajstić information content (AvgIpc) is 2.78. The molecule has 7 heteroatoms. The van der Waals surface area contributed by atoms with Gasteiger partial charge in [-0.2, -0.15) is 4.31 Å². The van der Waals surface area contributed by atoms with Gasteiger partial charge in [0.2, 0.25) is 10.0 Å². The van der Waals surface area contributed by atoms with E-state index >= 15 is 0 Å². The van der Waals surface area contributed by atoms with Crippen LogP contribution in [0, 0.1) is 0 Å². The van der Waals surface area contributed by atoms with Crippen LogP contribution in [0.15, 0.2) is 83.8 Å². The van der Waals surface area contributed by atoms with Crippen molar-refractivity contribution in [3.05, 3.63) is 90.0 Å². The van der Waals surface area contributed by atoms with Crippen molar-refractivity contribution in [3.8, 4) is 5.75 Å². The molecule has 0 heterocycles. The molecule has 3 aromatic carbocycles. The average molecular weight is 439 g/mol. The SMILES string of the molecule is COc1ccc(NC(=O)c2ccc(S(=O)(=O)N(Cc3ccccc3)C(C)C)cc2)cc1. The van der Waals surface area contributed by atoms with E-state index in [0.29, 0.717) is 17.0 Å². The van der Waals surface area contributed by atoms with E-state index in [1.165, 1.54) is 28.6 Å². The topological polar surface area (TPSA) is 75.7 Å². The molecular formula is C24H26N2O4S. The lowest BCUT2D eigenvalue weighted by Crippen LogP contribution is -2.36. The molecule has 0 aliphatic rings. The van der Waals surface area contributed by atoms with Gasteiger partial charge in [0.15, 0.2) is 0 Å². The van der Waals surface area contributed by atoms with Crippen LogP contribution in [0.1, 0.15) is 29.8 Å². The lowest BCUT2D eigenvalue weighted by Gasteiger charge is -2.26. The third kappa shape index (κ3) is 5.51. The Bertz CT molecular complexity index is 1110.